The summed E-state index contributed by atoms with van der Waals surface area (Å²) >= 11 is 5.87. The Morgan fingerprint density at radius 1 is 1.44 bits per heavy atom. The molecule has 1 amide bonds. The molecular formula is C12H13ClN2O. The number of halogens is 1. The van der Waals surface area contributed by atoms with E-state index in [9.17, 15) is 4.79 Å². The Balaban J connectivity index is 2.28. The molecule has 1 aromatic carbocycles. The van der Waals surface area contributed by atoms with Crippen LogP contribution in [0.2, 0.25) is 5.02 Å². The number of benzene rings is 1. The fourth-order valence-corrected chi connectivity index (χ4v) is 1.73. The van der Waals surface area contributed by atoms with E-state index in [0.29, 0.717) is 17.3 Å². The van der Waals surface area contributed by atoms with Crippen LogP contribution in [0.3, 0.4) is 0 Å². The van der Waals surface area contributed by atoms with Crippen molar-refractivity contribution in [2.24, 2.45) is 0 Å². The molecule has 16 heavy (non-hydrogen) atoms. The molecule has 1 heterocycles. The summed E-state index contributed by atoms with van der Waals surface area (Å²) in [5.41, 5.74) is 1.46. The van der Waals surface area contributed by atoms with Crippen molar-refractivity contribution in [2.45, 2.75) is 13.3 Å². The highest BCUT2D eigenvalue weighted by molar-refractivity contribution is 6.31. The second-order valence-electron chi connectivity index (χ2n) is 3.67. The number of hydrogen-bond acceptors (Lipinski definition) is 1. The zero-order valence-corrected chi connectivity index (χ0v) is 9.77. The first-order valence-electron chi connectivity index (χ1n) is 5.27. The third-order valence-corrected chi connectivity index (χ3v) is 2.60. The molecule has 0 radical (unpaired) electrons. The zero-order chi connectivity index (χ0) is 11.5. The molecule has 3 nitrogen and oxygen atoms in total. The summed E-state index contributed by atoms with van der Waals surface area (Å²) in [6.07, 6.45) is 0.928. The Kier molecular flexibility index (Phi) is 3.15. The van der Waals surface area contributed by atoms with Gasteiger partial charge in [0.1, 0.15) is 5.69 Å². The van der Waals surface area contributed by atoms with Crippen LogP contribution in [-0.4, -0.2) is 17.4 Å². The van der Waals surface area contributed by atoms with Gasteiger partial charge >= 0.3 is 0 Å². The van der Waals surface area contributed by atoms with Gasteiger partial charge in [-0.25, -0.2) is 0 Å². The molecule has 2 rings (SSSR count). The van der Waals surface area contributed by atoms with Crippen LogP contribution in [0.5, 0.6) is 0 Å². The maximum absolute atomic E-state index is 11.7. The topological polar surface area (TPSA) is 44.9 Å². The Morgan fingerprint density at radius 2 is 2.25 bits per heavy atom. The molecule has 0 aliphatic heterocycles. The van der Waals surface area contributed by atoms with Crippen molar-refractivity contribution in [1.82, 2.24) is 10.3 Å². The Hall–Kier alpha value is -1.48. The number of carbonyl (C=O) groups excluding carboxylic acids is 1. The molecule has 0 spiro atoms. The second kappa shape index (κ2) is 4.58. The Morgan fingerprint density at radius 3 is 3.00 bits per heavy atom. The number of hydrogen-bond donors (Lipinski definition) is 2. The molecule has 1 aromatic heterocycles. The van der Waals surface area contributed by atoms with E-state index >= 15 is 0 Å². The summed E-state index contributed by atoms with van der Waals surface area (Å²) in [7, 11) is 0. The lowest BCUT2D eigenvalue weighted by atomic mass is 10.2. The highest BCUT2D eigenvalue weighted by Crippen LogP contribution is 2.19. The van der Waals surface area contributed by atoms with Gasteiger partial charge in [0.2, 0.25) is 0 Å². The summed E-state index contributed by atoms with van der Waals surface area (Å²) in [5.74, 6) is -0.0748. The van der Waals surface area contributed by atoms with Gasteiger partial charge in [0, 0.05) is 22.5 Å². The number of H-pyrrole nitrogens is 1. The van der Waals surface area contributed by atoms with E-state index in [1.54, 1.807) is 0 Å². The van der Waals surface area contributed by atoms with Gasteiger partial charge in [-0.05, 0) is 24.6 Å². The molecule has 0 bridgehead atoms. The third-order valence-electron chi connectivity index (χ3n) is 2.36. The predicted octanol–water partition coefficient (Wildman–Crippen LogP) is 2.96. The fourth-order valence-electron chi connectivity index (χ4n) is 1.56. The summed E-state index contributed by atoms with van der Waals surface area (Å²) in [4.78, 5) is 14.7. The van der Waals surface area contributed by atoms with Crippen molar-refractivity contribution in [3.8, 4) is 0 Å². The second-order valence-corrected chi connectivity index (χ2v) is 4.11. The highest BCUT2D eigenvalue weighted by atomic mass is 35.5. The molecule has 0 unspecified atom stereocenters. The van der Waals surface area contributed by atoms with Crippen molar-refractivity contribution < 1.29 is 4.79 Å². The van der Waals surface area contributed by atoms with Crippen molar-refractivity contribution in [3.63, 3.8) is 0 Å². The Labute approximate surface area is 98.8 Å². The van der Waals surface area contributed by atoms with E-state index in [1.165, 1.54) is 0 Å². The monoisotopic (exact) mass is 236 g/mol. The molecule has 2 N–H and O–H groups in total. The minimum Gasteiger partial charge on any atom is -0.351 e. The van der Waals surface area contributed by atoms with Crippen LogP contribution in [0.1, 0.15) is 23.8 Å². The van der Waals surface area contributed by atoms with Crippen LogP contribution < -0.4 is 5.32 Å². The maximum atomic E-state index is 11.7. The molecular weight excluding hydrogens is 224 g/mol. The van der Waals surface area contributed by atoms with Gasteiger partial charge in [0.25, 0.3) is 5.91 Å². The first-order valence-corrected chi connectivity index (χ1v) is 5.65. The lowest BCUT2D eigenvalue weighted by Crippen LogP contribution is -2.24. The van der Waals surface area contributed by atoms with Gasteiger partial charge in [-0.2, -0.15) is 0 Å². The quantitative estimate of drug-likeness (QED) is 0.846. The predicted molar refractivity (Wildman–Crippen MR) is 65.9 cm³/mol. The average molecular weight is 237 g/mol. The lowest BCUT2D eigenvalue weighted by Gasteiger charge is -1.99. The first kappa shape index (κ1) is 11.0. The number of nitrogens with one attached hydrogen (secondary N) is 2. The highest BCUT2D eigenvalue weighted by Gasteiger charge is 2.08. The minimum absolute atomic E-state index is 0.0748. The molecule has 0 aliphatic rings. The molecule has 2 aromatic rings. The normalized spacial score (nSPS) is 10.6. The molecule has 84 valence electrons. The van der Waals surface area contributed by atoms with Crippen molar-refractivity contribution in [2.75, 3.05) is 6.54 Å². The summed E-state index contributed by atoms with van der Waals surface area (Å²) < 4.78 is 0. The average Bonchev–Trinajstić information content (AvgIpc) is 2.68. The van der Waals surface area contributed by atoms with E-state index in [1.807, 2.05) is 31.2 Å². The van der Waals surface area contributed by atoms with Crippen LogP contribution in [0.25, 0.3) is 10.9 Å². The number of amides is 1. The molecule has 0 atom stereocenters. The number of aromatic nitrogens is 1. The number of carbonyl (C=O) groups is 1. The molecule has 0 fully saturated rings. The molecule has 4 heteroatoms. The van der Waals surface area contributed by atoms with Gasteiger partial charge < -0.3 is 10.3 Å². The van der Waals surface area contributed by atoms with Crippen molar-refractivity contribution in [3.05, 3.63) is 35.0 Å². The molecule has 0 aliphatic carbocycles. The number of aromatic amines is 1. The van der Waals surface area contributed by atoms with Gasteiger partial charge in [-0.1, -0.05) is 24.6 Å². The van der Waals surface area contributed by atoms with Crippen LogP contribution in [0, 0.1) is 0 Å². The molecule has 0 saturated heterocycles. The fraction of sp³-hybridized carbons (Fsp3) is 0.250. The van der Waals surface area contributed by atoms with Crippen LogP contribution in [-0.2, 0) is 0 Å². The standard InChI is InChI=1S/C12H13ClN2O/c1-2-5-14-12(16)11-6-8-3-4-9(13)7-10(8)15-11/h3-4,6-7,15H,2,5H2,1H3,(H,14,16). The van der Waals surface area contributed by atoms with Crippen LogP contribution in [0.15, 0.2) is 24.3 Å². The third kappa shape index (κ3) is 2.19. The van der Waals surface area contributed by atoms with Gasteiger partial charge in [-0.15, -0.1) is 0 Å². The van der Waals surface area contributed by atoms with E-state index in [-0.39, 0.29) is 5.91 Å². The van der Waals surface area contributed by atoms with Crippen molar-refractivity contribution in [1.29, 1.82) is 0 Å². The van der Waals surface area contributed by atoms with E-state index in [0.717, 1.165) is 17.3 Å². The van der Waals surface area contributed by atoms with Gasteiger partial charge in [-0.3, -0.25) is 4.79 Å². The van der Waals surface area contributed by atoms with Gasteiger partial charge in [0.05, 0.1) is 0 Å². The Bertz CT molecular complexity index is 519. The first-order chi connectivity index (χ1) is 7.70. The van der Waals surface area contributed by atoms with Crippen molar-refractivity contribution >= 4 is 28.4 Å². The largest absolute Gasteiger partial charge is 0.351 e. The summed E-state index contributed by atoms with van der Waals surface area (Å²) in [6.45, 7) is 2.71. The lowest BCUT2D eigenvalue weighted by molar-refractivity contribution is 0.0949. The van der Waals surface area contributed by atoms with Gasteiger partial charge in [0.15, 0.2) is 0 Å². The summed E-state index contributed by atoms with van der Waals surface area (Å²) in [6, 6.07) is 7.35. The maximum Gasteiger partial charge on any atom is 0.267 e. The van der Waals surface area contributed by atoms with Crippen LogP contribution >= 0.6 is 11.6 Å². The minimum atomic E-state index is -0.0748. The zero-order valence-electron chi connectivity index (χ0n) is 9.01. The number of fused-ring (bicyclic) bond motifs is 1. The van der Waals surface area contributed by atoms with E-state index in [2.05, 4.69) is 10.3 Å². The SMILES string of the molecule is CCCNC(=O)c1cc2ccc(Cl)cc2[nH]1. The molecule has 0 saturated carbocycles. The number of rotatable bonds is 3. The van der Waals surface area contributed by atoms with E-state index < -0.39 is 0 Å². The summed E-state index contributed by atoms with van der Waals surface area (Å²) in [5, 5.41) is 4.47. The smallest absolute Gasteiger partial charge is 0.267 e. The van der Waals surface area contributed by atoms with E-state index in [4.69, 9.17) is 11.6 Å². The van der Waals surface area contributed by atoms with Crippen LogP contribution in [0.4, 0.5) is 0 Å².